The molecular formula is C9H9F2NO2. The summed E-state index contributed by atoms with van der Waals surface area (Å²) in [6, 6.07) is 4.25. The molecule has 0 spiro atoms. The fourth-order valence-electron chi connectivity index (χ4n) is 1.01. The number of nitrogens with two attached hydrogens (primary N) is 1. The fourth-order valence-corrected chi connectivity index (χ4v) is 1.01. The maximum absolute atomic E-state index is 12.5. The number of halogens is 2. The van der Waals surface area contributed by atoms with E-state index in [2.05, 4.69) is 0 Å². The van der Waals surface area contributed by atoms with Gasteiger partial charge in [0, 0.05) is 0 Å². The molecule has 1 aromatic carbocycles. The van der Waals surface area contributed by atoms with E-state index in [0.717, 1.165) is 24.3 Å². The molecule has 0 aliphatic carbocycles. The number of carbonyl (C=O) groups is 1. The van der Waals surface area contributed by atoms with Crippen molar-refractivity contribution in [2.45, 2.75) is 5.60 Å². The molecule has 0 saturated heterocycles. The Bertz CT molecular complexity index is 339. The third-order valence-corrected chi connectivity index (χ3v) is 1.92. The summed E-state index contributed by atoms with van der Waals surface area (Å²) >= 11 is 0. The SMILES string of the molecule is NC(=O)C(O)(CF)c1ccc(F)cc1. The minimum Gasteiger partial charge on any atom is -0.373 e. The molecule has 1 atom stereocenters. The Hall–Kier alpha value is -1.49. The second kappa shape index (κ2) is 3.71. The predicted octanol–water partition coefficient (Wildman–Crippen LogP) is 0.468. The number of hydrogen-bond acceptors (Lipinski definition) is 2. The van der Waals surface area contributed by atoms with E-state index < -0.39 is 24.0 Å². The lowest BCUT2D eigenvalue weighted by Crippen LogP contribution is -2.43. The van der Waals surface area contributed by atoms with Gasteiger partial charge < -0.3 is 10.8 Å². The quantitative estimate of drug-likeness (QED) is 0.746. The molecule has 0 aliphatic rings. The highest BCUT2D eigenvalue weighted by atomic mass is 19.1. The van der Waals surface area contributed by atoms with Crippen LogP contribution in [0.5, 0.6) is 0 Å². The van der Waals surface area contributed by atoms with Gasteiger partial charge in [0.2, 0.25) is 0 Å². The fraction of sp³-hybridized carbons (Fsp3) is 0.222. The van der Waals surface area contributed by atoms with Crippen molar-refractivity contribution in [2.24, 2.45) is 5.73 Å². The van der Waals surface area contributed by atoms with Gasteiger partial charge in [-0.3, -0.25) is 4.79 Å². The zero-order valence-corrected chi connectivity index (χ0v) is 7.21. The highest BCUT2D eigenvalue weighted by molar-refractivity contribution is 5.84. The molecule has 0 aliphatic heterocycles. The van der Waals surface area contributed by atoms with Crippen molar-refractivity contribution < 1.29 is 18.7 Å². The molecule has 1 aromatic rings. The van der Waals surface area contributed by atoms with Crippen LogP contribution >= 0.6 is 0 Å². The van der Waals surface area contributed by atoms with Crippen molar-refractivity contribution in [1.82, 2.24) is 0 Å². The van der Waals surface area contributed by atoms with Gasteiger partial charge in [-0.1, -0.05) is 12.1 Å². The molecule has 0 saturated carbocycles. The van der Waals surface area contributed by atoms with Crippen LogP contribution in [-0.2, 0) is 10.4 Å². The molecule has 1 unspecified atom stereocenters. The zero-order valence-electron chi connectivity index (χ0n) is 7.21. The molecule has 1 rings (SSSR count). The number of primary amides is 1. The molecule has 0 heterocycles. The molecule has 76 valence electrons. The topological polar surface area (TPSA) is 63.3 Å². The van der Waals surface area contributed by atoms with Crippen LogP contribution in [0.25, 0.3) is 0 Å². The van der Waals surface area contributed by atoms with E-state index in [-0.39, 0.29) is 5.56 Å². The summed E-state index contributed by atoms with van der Waals surface area (Å²) in [4.78, 5) is 10.8. The van der Waals surface area contributed by atoms with Crippen LogP contribution in [-0.4, -0.2) is 17.7 Å². The van der Waals surface area contributed by atoms with Gasteiger partial charge in [-0.2, -0.15) is 0 Å². The molecule has 0 fully saturated rings. The summed E-state index contributed by atoms with van der Waals surface area (Å²) in [7, 11) is 0. The standard InChI is InChI=1S/C9H9F2NO2/c10-5-9(14,8(12)13)6-1-3-7(11)4-2-6/h1-4,14H,5H2,(H2,12,13). The van der Waals surface area contributed by atoms with E-state index in [1.807, 2.05) is 0 Å². The second-order valence-electron chi connectivity index (χ2n) is 2.87. The largest absolute Gasteiger partial charge is 0.373 e. The minimum absolute atomic E-state index is 0.0612. The Morgan fingerprint density at radius 1 is 1.43 bits per heavy atom. The molecule has 5 heteroatoms. The maximum Gasteiger partial charge on any atom is 0.256 e. The number of carbonyl (C=O) groups excluding carboxylic acids is 1. The van der Waals surface area contributed by atoms with E-state index in [0.29, 0.717) is 0 Å². The number of amides is 1. The van der Waals surface area contributed by atoms with Crippen LogP contribution in [0.2, 0.25) is 0 Å². The van der Waals surface area contributed by atoms with E-state index in [4.69, 9.17) is 5.73 Å². The lowest BCUT2D eigenvalue weighted by atomic mass is 9.95. The van der Waals surface area contributed by atoms with E-state index >= 15 is 0 Å². The summed E-state index contributed by atoms with van der Waals surface area (Å²) in [5.74, 6) is -1.74. The van der Waals surface area contributed by atoms with Gasteiger partial charge in [0.05, 0.1) is 0 Å². The highest BCUT2D eigenvalue weighted by Crippen LogP contribution is 2.21. The van der Waals surface area contributed by atoms with Crippen LogP contribution < -0.4 is 5.73 Å². The van der Waals surface area contributed by atoms with Crippen molar-refractivity contribution in [2.75, 3.05) is 6.67 Å². The third-order valence-electron chi connectivity index (χ3n) is 1.92. The average molecular weight is 201 g/mol. The van der Waals surface area contributed by atoms with Crippen LogP contribution in [0.3, 0.4) is 0 Å². The van der Waals surface area contributed by atoms with Gasteiger partial charge in [-0.25, -0.2) is 8.78 Å². The first-order valence-electron chi connectivity index (χ1n) is 3.85. The summed E-state index contributed by atoms with van der Waals surface area (Å²) < 4.78 is 24.9. The van der Waals surface area contributed by atoms with Gasteiger partial charge in [0.1, 0.15) is 12.5 Å². The number of hydrogen-bond donors (Lipinski definition) is 2. The first-order valence-corrected chi connectivity index (χ1v) is 3.85. The number of benzene rings is 1. The molecular weight excluding hydrogens is 192 g/mol. The van der Waals surface area contributed by atoms with E-state index in [1.165, 1.54) is 0 Å². The number of alkyl halides is 1. The monoisotopic (exact) mass is 201 g/mol. The molecule has 0 aromatic heterocycles. The lowest BCUT2D eigenvalue weighted by molar-refractivity contribution is -0.139. The summed E-state index contributed by atoms with van der Waals surface area (Å²) in [6.45, 7) is -1.34. The predicted molar refractivity (Wildman–Crippen MR) is 45.5 cm³/mol. The van der Waals surface area contributed by atoms with Crippen LogP contribution in [0.1, 0.15) is 5.56 Å². The van der Waals surface area contributed by atoms with Gasteiger partial charge in [-0.05, 0) is 17.7 Å². The van der Waals surface area contributed by atoms with Crippen LogP contribution in [0.4, 0.5) is 8.78 Å². The Balaban J connectivity index is 3.13. The summed E-state index contributed by atoms with van der Waals surface area (Å²) in [5.41, 5.74) is 2.40. The van der Waals surface area contributed by atoms with Gasteiger partial charge >= 0.3 is 0 Å². The smallest absolute Gasteiger partial charge is 0.256 e. The number of rotatable bonds is 3. The molecule has 3 nitrogen and oxygen atoms in total. The molecule has 1 amide bonds. The van der Waals surface area contributed by atoms with Gasteiger partial charge in [0.15, 0.2) is 5.60 Å². The Labute approximate surface area is 79.2 Å². The molecule has 0 bridgehead atoms. The van der Waals surface area contributed by atoms with E-state index in [1.54, 1.807) is 0 Å². The average Bonchev–Trinajstić information content (AvgIpc) is 2.17. The van der Waals surface area contributed by atoms with Crippen molar-refractivity contribution in [3.8, 4) is 0 Å². The number of aliphatic hydroxyl groups is 1. The van der Waals surface area contributed by atoms with Crippen molar-refractivity contribution >= 4 is 5.91 Å². The second-order valence-corrected chi connectivity index (χ2v) is 2.87. The Morgan fingerprint density at radius 3 is 2.29 bits per heavy atom. The molecule has 14 heavy (non-hydrogen) atoms. The summed E-state index contributed by atoms with van der Waals surface area (Å²) in [6.07, 6.45) is 0. The van der Waals surface area contributed by atoms with Gasteiger partial charge in [0.25, 0.3) is 5.91 Å². The first-order chi connectivity index (χ1) is 6.50. The Morgan fingerprint density at radius 2 is 1.93 bits per heavy atom. The van der Waals surface area contributed by atoms with E-state index in [9.17, 15) is 18.7 Å². The molecule has 3 N–H and O–H groups in total. The third kappa shape index (κ3) is 1.72. The maximum atomic E-state index is 12.5. The minimum atomic E-state index is -2.37. The van der Waals surface area contributed by atoms with Crippen molar-refractivity contribution in [3.63, 3.8) is 0 Å². The molecule has 0 radical (unpaired) electrons. The normalized spacial score (nSPS) is 14.8. The lowest BCUT2D eigenvalue weighted by Gasteiger charge is -2.20. The van der Waals surface area contributed by atoms with Crippen LogP contribution in [0, 0.1) is 5.82 Å². The van der Waals surface area contributed by atoms with Crippen molar-refractivity contribution in [3.05, 3.63) is 35.6 Å². The Kier molecular flexibility index (Phi) is 2.81. The highest BCUT2D eigenvalue weighted by Gasteiger charge is 2.36. The van der Waals surface area contributed by atoms with Crippen molar-refractivity contribution in [1.29, 1.82) is 0 Å². The van der Waals surface area contributed by atoms with Gasteiger partial charge in [-0.15, -0.1) is 0 Å². The zero-order chi connectivity index (χ0) is 10.8. The van der Waals surface area contributed by atoms with Crippen LogP contribution in [0.15, 0.2) is 24.3 Å². The summed E-state index contributed by atoms with van der Waals surface area (Å²) in [5, 5.41) is 9.49. The first kappa shape index (κ1) is 10.6.